The van der Waals surface area contributed by atoms with E-state index in [1.807, 2.05) is 0 Å². The zero-order chi connectivity index (χ0) is 9.19. The molecule has 1 rings (SSSR count). The summed E-state index contributed by atoms with van der Waals surface area (Å²) in [4.78, 5) is 10.4. The van der Waals surface area contributed by atoms with Crippen LogP contribution in [0.5, 0.6) is 0 Å². The van der Waals surface area contributed by atoms with Gasteiger partial charge in [-0.3, -0.25) is 4.79 Å². The molecule has 1 saturated carbocycles. The van der Waals surface area contributed by atoms with Crippen molar-refractivity contribution in [3.8, 4) is 0 Å². The monoisotopic (exact) mass is 192 g/mol. The average Bonchev–Trinajstić information content (AvgIpc) is 1.94. The number of alkyl halides is 1. The molecule has 2 N–H and O–H groups in total. The smallest absolute Gasteiger partial charge is 0.306 e. The first-order valence-corrected chi connectivity index (χ1v) is 4.56. The number of hydrogen-bond acceptors (Lipinski definition) is 2. The Morgan fingerprint density at radius 3 is 2.75 bits per heavy atom. The minimum Gasteiger partial charge on any atom is -0.481 e. The summed E-state index contributed by atoms with van der Waals surface area (Å²) in [5, 5.41) is 17.9. The van der Waals surface area contributed by atoms with Crippen molar-refractivity contribution in [1.82, 2.24) is 0 Å². The number of halogens is 1. The molecule has 1 fully saturated rings. The first kappa shape index (κ1) is 9.81. The maximum atomic E-state index is 10.4. The van der Waals surface area contributed by atoms with E-state index in [-0.39, 0.29) is 6.42 Å². The standard InChI is InChI=1S/C8H13ClO3/c9-6-3-1-2-4-8(6,12)5-7(10)11/h6,12H,1-5H2,(H,10,11). The highest BCUT2D eigenvalue weighted by molar-refractivity contribution is 6.21. The van der Waals surface area contributed by atoms with Crippen molar-refractivity contribution in [3.05, 3.63) is 0 Å². The second-order valence-electron chi connectivity index (χ2n) is 3.39. The van der Waals surface area contributed by atoms with Gasteiger partial charge in [-0.05, 0) is 12.8 Å². The van der Waals surface area contributed by atoms with Gasteiger partial charge < -0.3 is 10.2 Å². The third-order valence-corrected chi connectivity index (χ3v) is 2.98. The molecule has 2 unspecified atom stereocenters. The molecule has 0 amide bonds. The van der Waals surface area contributed by atoms with Gasteiger partial charge in [-0.2, -0.15) is 0 Å². The molecule has 0 aromatic rings. The lowest BCUT2D eigenvalue weighted by molar-refractivity contribution is -0.143. The zero-order valence-corrected chi connectivity index (χ0v) is 7.55. The molecule has 0 aromatic heterocycles. The van der Waals surface area contributed by atoms with Crippen molar-refractivity contribution in [2.24, 2.45) is 0 Å². The van der Waals surface area contributed by atoms with Crippen LogP contribution in [0, 0.1) is 0 Å². The van der Waals surface area contributed by atoms with Gasteiger partial charge in [-0.25, -0.2) is 0 Å². The van der Waals surface area contributed by atoms with Crippen molar-refractivity contribution < 1.29 is 15.0 Å². The first-order valence-electron chi connectivity index (χ1n) is 4.13. The van der Waals surface area contributed by atoms with Gasteiger partial charge >= 0.3 is 5.97 Å². The van der Waals surface area contributed by atoms with Gasteiger partial charge in [0.15, 0.2) is 0 Å². The van der Waals surface area contributed by atoms with Gasteiger partial charge in [0.05, 0.1) is 17.4 Å². The summed E-state index contributed by atoms with van der Waals surface area (Å²) in [5.41, 5.74) is -1.17. The molecular weight excluding hydrogens is 180 g/mol. The lowest BCUT2D eigenvalue weighted by Crippen LogP contribution is -2.43. The van der Waals surface area contributed by atoms with Crippen LogP contribution in [0.15, 0.2) is 0 Å². The predicted octanol–water partition coefficient (Wildman–Crippen LogP) is 1.37. The molecule has 0 saturated heterocycles. The summed E-state index contributed by atoms with van der Waals surface area (Å²) in [5.74, 6) is -0.981. The number of rotatable bonds is 2. The third-order valence-electron chi connectivity index (χ3n) is 2.36. The molecule has 0 aromatic carbocycles. The SMILES string of the molecule is O=C(O)CC1(O)CCCCC1Cl. The predicted molar refractivity (Wildman–Crippen MR) is 45.3 cm³/mol. The Bertz CT molecular complexity index is 183. The van der Waals surface area contributed by atoms with Crippen molar-refractivity contribution in [1.29, 1.82) is 0 Å². The normalized spacial score (nSPS) is 36.3. The number of aliphatic carboxylic acids is 1. The molecule has 0 radical (unpaired) electrons. The van der Waals surface area contributed by atoms with Gasteiger partial charge in [0.25, 0.3) is 0 Å². The Hall–Kier alpha value is -0.280. The van der Waals surface area contributed by atoms with Crippen LogP contribution in [0.4, 0.5) is 0 Å². The quantitative estimate of drug-likeness (QED) is 0.650. The van der Waals surface area contributed by atoms with Crippen LogP contribution in [0.3, 0.4) is 0 Å². The molecular formula is C8H13ClO3. The molecule has 1 aliphatic rings. The molecule has 1 aliphatic carbocycles. The summed E-state index contributed by atoms with van der Waals surface area (Å²) < 4.78 is 0. The molecule has 3 nitrogen and oxygen atoms in total. The fourth-order valence-corrected chi connectivity index (χ4v) is 1.98. The maximum Gasteiger partial charge on any atom is 0.306 e. The minimum atomic E-state index is -1.17. The highest BCUT2D eigenvalue weighted by Crippen LogP contribution is 2.34. The minimum absolute atomic E-state index is 0.235. The van der Waals surface area contributed by atoms with E-state index in [0.717, 1.165) is 12.8 Å². The van der Waals surface area contributed by atoms with E-state index in [2.05, 4.69) is 0 Å². The summed E-state index contributed by atoms with van der Waals surface area (Å²) in [7, 11) is 0. The van der Waals surface area contributed by atoms with E-state index in [1.54, 1.807) is 0 Å². The number of aliphatic hydroxyl groups is 1. The van der Waals surface area contributed by atoms with Crippen LogP contribution in [0.2, 0.25) is 0 Å². The van der Waals surface area contributed by atoms with Crippen LogP contribution >= 0.6 is 11.6 Å². The molecule has 0 spiro atoms. The summed E-state index contributed by atoms with van der Waals surface area (Å²) >= 11 is 5.85. The lowest BCUT2D eigenvalue weighted by Gasteiger charge is -2.35. The third kappa shape index (κ3) is 2.11. The average molecular weight is 193 g/mol. The highest BCUT2D eigenvalue weighted by atomic mass is 35.5. The second-order valence-corrected chi connectivity index (χ2v) is 3.91. The summed E-state index contributed by atoms with van der Waals surface area (Å²) in [6.07, 6.45) is 2.84. The summed E-state index contributed by atoms with van der Waals surface area (Å²) in [6, 6.07) is 0. The molecule has 12 heavy (non-hydrogen) atoms. The van der Waals surface area contributed by atoms with Gasteiger partial charge in [-0.15, -0.1) is 11.6 Å². The number of carboxylic acid groups (broad SMARTS) is 1. The Kier molecular flexibility index (Phi) is 2.96. The molecule has 2 atom stereocenters. The van der Waals surface area contributed by atoms with Gasteiger partial charge in [0, 0.05) is 0 Å². The Morgan fingerprint density at radius 1 is 1.58 bits per heavy atom. The highest BCUT2D eigenvalue weighted by Gasteiger charge is 2.39. The number of hydrogen-bond donors (Lipinski definition) is 2. The Morgan fingerprint density at radius 2 is 2.25 bits per heavy atom. The van der Waals surface area contributed by atoms with E-state index < -0.39 is 16.9 Å². The maximum absolute atomic E-state index is 10.4. The van der Waals surface area contributed by atoms with Crippen LogP contribution in [-0.2, 0) is 4.79 Å². The van der Waals surface area contributed by atoms with E-state index in [9.17, 15) is 9.90 Å². The van der Waals surface area contributed by atoms with Crippen LogP contribution in [0.25, 0.3) is 0 Å². The topological polar surface area (TPSA) is 57.5 Å². The Balaban J connectivity index is 2.59. The first-order chi connectivity index (χ1) is 5.54. The van der Waals surface area contributed by atoms with Crippen LogP contribution in [0.1, 0.15) is 32.1 Å². The van der Waals surface area contributed by atoms with Gasteiger partial charge in [-0.1, -0.05) is 12.8 Å². The zero-order valence-electron chi connectivity index (χ0n) is 6.79. The van der Waals surface area contributed by atoms with Crippen molar-refractivity contribution in [2.75, 3.05) is 0 Å². The molecule has 0 heterocycles. The second kappa shape index (κ2) is 3.62. The molecule has 0 aliphatic heterocycles. The van der Waals surface area contributed by atoms with Crippen LogP contribution < -0.4 is 0 Å². The van der Waals surface area contributed by atoms with Crippen molar-refractivity contribution >= 4 is 17.6 Å². The number of carbonyl (C=O) groups is 1. The molecule has 70 valence electrons. The fraction of sp³-hybridized carbons (Fsp3) is 0.875. The fourth-order valence-electron chi connectivity index (χ4n) is 1.64. The van der Waals surface area contributed by atoms with E-state index >= 15 is 0 Å². The lowest BCUT2D eigenvalue weighted by atomic mass is 9.82. The van der Waals surface area contributed by atoms with Crippen molar-refractivity contribution in [3.63, 3.8) is 0 Å². The summed E-state index contributed by atoms with van der Waals surface area (Å²) in [6.45, 7) is 0. The van der Waals surface area contributed by atoms with Gasteiger partial charge in [0.2, 0.25) is 0 Å². The largest absolute Gasteiger partial charge is 0.481 e. The molecule has 0 bridgehead atoms. The Labute approximate surface area is 76.3 Å². The van der Waals surface area contributed by atoms with E-state index in [0.29, 0.717) is 12.8 Å². The van der Waals surface area contributed by atoms with Crippen molar-refractivity contribution in [2.45, 2.75) is 43.1 Å². The van der Waals surface area contributed by atoms with E-state index in [1.165, 1.54) is 0 Å². The van der Waals surface area contributed by atoms with Gasteiger partial charge in [0.1, 0.15) is 0 Å². The van der Waals surface area contributed by atoms with Crippen LogP contribution in [-0.4, -0.2) is 27.2 Å². The number of carboxylic acids is 1. The molecule has 4 heteroatoms. The van der Waals surface area contributed by atoms with E-state index in [4.69, 9.17) is 16.7 Å².